The molecule has 2 N–H and O–H groups in total. The number of hydrogen-bond acceptors (Lipinski definition) is 5. The number of allylic oxidation sites excluding steroid dienone is 6. The second-order valence-electron chi connectivity index (χ2n) is 8.31. The van der Waals surface area contributed by atoms with Crippen molar-refractivity contribution in [1.29, 1.82) is 0 Å². The summed E-state index contributed by atoms with van der Waals surface area (Å²) < 4.78 is 0. The second-order valence-corrected chi connectivity index (χ2v) is 8.31. The van der Waals surface area contributed by atoms with Crippen molar-refractivity contribution in [2.45, 2.75) is 26.7 Å². The normalized spacial score (nSPS) is 18.2. The Bertz CT molecular complexity index is 1010. The molecule has 1 fully saturated rings. The largest absolute Gasteiger partial charge is 0.402 e. The Kier molecular flexibility index (Phi) is 6.00. The highest BCUT2D eigenvalue weighted by Crippen LogP contribution is 2.32. The molecule has 2 heterocycles. The van der Waals surface area contributed by atoms with E-state index in [1.54, 1.807) is 0 Å². The lowest BCUT2D eigenvalue weighted by atomic mass is 9.95. The van der Waals surface area contributed by atoms with Gasteiger partial charge in [-0.15, -0.1) is 0 Å². The summed E-state index contributed by atoms with van der Waals surface area (Å²) in [7, 11) is 2.17. The van der Waals surface area contributed by atoms with E-state index < -0.39 is 0 Å². The van der Waals surface area contributed by atoms with Crippen LogP contribution in [0, 0.1) is 6.92 Å². The summed E-state index contributed by atoms with van der Waals surface area (Å²) in [5, 5.41) is 0. The molecular formula is C25H31N5. The molecule has 5 nitrogen and oxygen atoms in total. The summed E-state index contributed by atoms with van der Waals surface area (Å²) in [6.45, 7) is 8.06. The first-order valence-electron chi connectivity index (χ1n) is 10.7. The number of piperazine rings is 1. The van der Waals surface area contributed by atoms with Gasteiger partial charge in [-0.05, 0) is 45.4 Å². The smallest absolute Gasteiger partial charge is 0.164 e. The third-order valence-corrected chi connectivity index (χ3v) is 5.81. The molecule has 30 heavy (non-hydrogen) atoms. The van der Waals surface area contributed by atoms with Crippen LogP contribution >= 0.6 is 0 Å². The molecule has 0 amide bonds. The van der Waals surface area contributed by atoms with Crippen molar-refractivity contribution in [3.63, 3.8) is 0 Å². The first kappa shape index (κ1) is 20.4. The lowest BCUT2D eigenvalue weighted by Gasteiger charge is -2.33. The van der Waals surface area contributed by atoms with Gasteiger partial charge in [0.15, 0.2) is 5.82 Å². The maximum atomic E-state index is 6.37. The van der Waals surface area contributed by atoms with Gasteiger partial charge >= 0.3 is 0 Å². The molecule has 0 unspecified atom stereocenters. The van der Waals surface area contributed by atoms with Crippen LogP contribution in [0.25, 0.3) is 16.8 Å². The SMILES string of the molecule is C/C(N)=C(\C1=CC=CCC1)c1nc(-c2cccc(C)c2)cc(N2CCN(C)CC2)n1. The van der Waals surface area contributed by atoms with Crippen LogP contribution in [-0.4, -0.2) is 48.1 Å². The summed E-state index contributed by atoms with van der Waals surface area (Å²) in [6, 6.07) is 10.6. The van der Waals surface area contributed by atoms with Gasteiger partial charge in [-0.3, -0.25) is 0 Å². The lowest BCUT2D eigenvalue weighted by Crippen LogP contribution is -2.44. The minimum absolute atomic E-state index is 0.726. The maximum Gasteiger partial charge on any atom is 0.164 e. The first-order chi connectivity index (χ1) is 14.5. The topological polar surface area (TPSA) is 58.3 Å². The highest BCUT2D eigenvalue weighted by Gasteiger charge is 2.21. The summed E-state index contributed by atoms with van der Waals surface area (Å²) in [4.78, 5) is 14.7. The van der Waals surface area contributed by atoms with Gasteiger partial charge in [-0.2, -0.15) is 0 Å². The Balaban J connectivity index is 1.83. The van der Waals surface area contributed by atoms with Gasteiger partial charge in [0.05, 0.1) is 5.69 Å². The van der Waals surface area contributed by atoms with Crippen molar-refractivity contribution in [3.8, 4) is 11.3 Å². The zero-order valence-electron chi connectivity index (χ0n) is 18.2. The summed E-state index contributed by atoms with van der Waals surface area (Å²) in [5.41, 5.74) is 12.6. The van der Waals surface area contributed by atoms with Gasteiger partial charge in [0, 0.05) is 49.1 Å². The predicted molar refractivity (Wildman–Crippen MR) is 125 cm³/mol. The lowest BCUT2D eigenvalue weighted by molar-refractivity contribution is 0.312. The minimum atomic E-state index is 0.726. The third kappa shape index (κ3) is 4.46. The first-order valence-corrected chi connectivity index (χ1v) is 10.7. The Morgan fingerprint density at radius 1 is 1.07 bits per heavy atom. The monoisotopic (exact) mass is 401 g/mol. The van der Waals surface area contributed by atoms with Gasteiger partial charge in [-0.25, -0.2) is 9.97 Å². The molecule has 1 aromatic heterocycles. The standard InChI is InChI=1S/C25H31N5/c1-18-8-7-11-21(16-18)22-17-23(30-14-12-29(3)13-15-30)28-25(27-22)24(19(2)26)20-9-5-4-6-10-20/h4-5,7-9,11,16-17H,6,10,12-15,26H2,1-3H3/b24-19-. The predicted octanol–water partition coefficient (Wildman–Crippen LogP) is 4.17. The molecule has 1 aliphatic carbocycles. The number of rotatable bonds is 4. The fourth-order valence-electron chi connectivity index (χ4n) is 4.08. The zero-order chi connectivity index (χ0) is 21.1. The molecule has 0 saturated carbocycles. The van der Waals surface area contributed by atoms with E-state index in [0.29, 0.717) is 0 Å². The number of benzene rings is 1. The average molecular weight is 402 g/mol. The van der Waals surface area contributed by atoms with E-state index >= 15 is 0 Å². The fraction of sp³-hybridized carbons (Fsp3) is 0.360. The Hall–Kier alpha value is -2.92. The van der Waals surface area contributed by atoms with Crippen LogP contribution in [0.2, 0.25) is 0 Å². The summed E-state index contributed by atoms with van der Waals surface area (Å²) >= 11 is 0. The van der Waals surface area contributed by atoms with E-state index in [2.05, 4.69) is 72.3 Å². The molecular weight excluding hydrogens is 370 g/mol. The van der Waals surface area contributed by atoms with Crippen LogP contribution in [0.1, 0.15) is 31.2 Å². The van der Waals surface area contributed by atoms with Crippen molar-refractivity contribution >= 4 is 11.4 Å². The number of nitrogens with two attached hydrogens (primary N) is 1. The fourth-order valence-corrected chi connectivity index (χ4v) is 4.08. The van der Waals surface area contributed by atoms with Gasteiger partial charge in [0.25, 0.3) is 0 Å². The molecule has 1 aliphatic heterocycles. The highest BCUT2D eigenvalue weighted by molar-refractivity contribution is 5.80. The number of anilines is 1. The van der Waals surface area contributed by atoms with E-state index in [4.69, 9.17) is 15.7 Å². The maximum absolute atomic E-state index is 6.37. The number of likely N-dealkylation sites (N-methyl/N-ethyl adjacent to an activating group) is 1. The molecule has 2 aliphatic rings. The third-order valence-electron chi connectivity index (χ3n) is 5.81. The van der Waals surface area contributed by atoms with E-state index in [1.165, 1.54) is 11.1 Å². The highest BCUT2D eigenvalue weighted by atomic mass is 15.3. The Labute approximate surface area is 179 Å². The molecule has 1 saturated heterocycles. The molecule has 2 aromatic rings. The summed E-state index contributed by atoms with van der Waals surface area (Å²) in [5.74, 6) is 1.71. The van der Waals surface area contributed by atoms with E-state index in [1.807, 2.05) is 6.92 Å². The molecule has 5 heteroatoms. The van der Waals surface area contributed by atoms with Crippen LogP contribution in [-0.2, 0) is 0 Å². The van der Waals surface area contributed by atoms with E-state index in [0.717, 1.165) is 73.2 Å². The quantitative estimate of drug-likeness (QED) is 0.833. The summed E-state index contributed by atoms with van der Waals surface area (Å²) in [6.07, 6.45) is 8.42. The second kappa shape index (κ2) is 8.84. The number of aryl methyl sites for hydroxylation is 1. The average Bonchev–Trinajstić information content (AvgIpc) is 2.75. The van der Waals surface area contributed by atoms with Gasteiger partial charge < -0.3 is 15.5 Å². The van der Waals surface area contributed by atoms with Crippen LogP contribution in [0.15, 0.2) is 59.8 Å². The van der Waals surface area contributed by atoms with Crippen molar-refractivity contribution in [2.75, 3.05) is 38.1 Å². The van der Waals surface area contributed by atoms with Gasteiger partial charge in [0.1, 0.15) is 5.82 Å². The van der Waals surface area contributed by atoms with Crippen molar-refractivity contribution in [2.24, 2.45) is 5.73 Å². The molecule has 0 spiro atoms. The molecule has 156 valence electrons. The van der Waals surface area contributed by atoms with Crippen molar-refractivity contribution < 1.29 is 0 Å². The Morgan fingerprint density at radius 3 is 2.53 bits per heavy atom. The van der Waals surface area contributed by atoms with Crippen LogP contribution in [0.4, 0.5) is 5.82 Å². The molecule has 0 bridgehead atoms. The Morgan fingerprint density at radius 2 is 1.87 bits per heavy atom. The van der Waals surface area contributed by atoms with Crippen molar-refractivity contribution in [1.82, 2.24) is 14.9 Å². The van der Waals surface area contributed by atoms with E-state index in [-0.39, 0.29) is 0 Å². The number of aromatic nitrogens is 2. The molecule has 1 aromatic carbocycles. The zero-order valence-corrected chi connectivity index (χ0v) is 18.2. The van der Waals surface area contributed by atoms with Crippen molar-refractivity contribution in [3.05, 3.63) is 71.2 Å². The van der Waals surface area contributed by atoms with Crippen LogP contribution in [0.3, 0.4) is 0 Å². The van der Waals surface area contributed by atoms with E-state index in [9.17, 15) is 0 Å². The van der Waals surface area contributed by atoms with Gasteiger partial charge in [-0.1, -0.05) is 42.0 Å². The van der Waals surface area contributed by atoms with Crippen LogP contribution < -0.4 is 10.6 Å². The molecule has 4 rings (SSSR count). The molecule has 0 atom stereocenters. The van der Waals surface area contributed by atoms with Gasteiger partial charge in [0.2, 0.25) is 0 Å². The number of nitrogens with zero attached hydrogens (tertiary/aromatic N) is 4. The minimum Gasteiger partial charge on any atom is -0.402 e. The number of hydrogen-bond donors (Lipinski definition) is 1. The van der Waals surface area contributed by atoms with Crippen LogP contribution in [0.5, 0.6) is 0 Å². The molecule has 0 radical (unpaired) electrons.